The molecular formula is C19H18FN3O3S. The third-order valence-corrected chi connectivity index (χ3v) is 4.64. The number of halogens is 1. The zero-order chi connectivity index (χ0) is 19.2. The third kappa shape index (κ3) is 5.07. The Morgan fingerprint density at radius 1 is 1.19 bits per heavy atom. The van der Waals surface area contributed by atoms with Crippen molar-refractivity contribution in [3.63, 3.8) is 0 Å². The van der Waals surface area contributed by atoms with E-state index in [2.05, 4.69) is 15.5 Å². The second kappa shape index (κ2) is 8.68. The predicted octanol–water partition coefficient (Wildman–Crippen LogP) is 3.85. The molecule has 6 nitrogen and oxygen atoms in total. The van der Waals surface area contributed by atoms with Crippen LogP contribution in [0.2, 0.25) is 0 Å². The molecule has 0 unspecified atom stereocenters. The van der Waals surface area contributed by atoms with Gasteiger partial charge in [-0.3, -0.25) is 4.79 Å². The maximum absolute atomic E-state index is 13.0. The van der Waals surface area contributed by atoms with E-state index in [0.717, 1.165) is 28.6 Å². The molecule has 1 aromatic heterocycles. The lowest BCUT2D eigenvalue weighted by Gasteiger charge is -2.13. The number of ether oxygens (including phenoxy) is 1. The van der Waals surface area contributed by atoms with Crippen LogP contribution < -0.4 is 10.1 Å². The van der Waals surface area contributed by atoms with Crippen LogP contribution in [-0.2, 0) is 4.79 Å². The molecule has 1 heterocycles. The summed E-state index contributed by atoms with van der Waals surface area (Å²) in [5.41, 5.74) is 1.60. The van der Waals surface area contributed by atoms with Crippen LogP contribution in [0, 0.1) is 5.82 Å². The molecule has 0 saturated heterocycles. The fraction of sp³-hybridized carbons (Fsp3) is 0.211. The van der Waals surface area contributed by atoms with Crippen molar-refractivity contribution in [2.45, 2.75) is 18.2 Å². The Morgan fingerprint density at radius 2 is 1.89 bits per heavy atom. The van der Waals surface area contributed by atoms with Crippen LogP contribution in [0.15, 0.2) is 58.2 Å². The summed E-state index contributed by atoms with van der Waals surface area (Å²) >= 11 is 1.15. The topological polar surface area (TPSA) is 77.2 Å². The van der Waals surface area contributed by atoms with E-state index in [9.17, 15) is 9.18 Å². The van der Waals surface area contributed by atoms with Gasteiger partial charge in [-0.05, 0) is 48.9 Å². The molecule has 1 atom stereocenters. The Morgan fingerprint density at radius 3 is 2.56 bits per heavy atom. The van der Waals surface area contributed by atoms with Gasteiger partial charge in [0.2, 0.25) is 11.8 Å². The van der Waals surface area contributed by atoms with Crippen LogP contribution in [-0.4, -0.2) is 29.0 Å². The number of benzene rings is 2. The van der Waals surface area contributed by atoms with Gasteiger partial charge < -0.3 is 14.5 Å². The van der Waals surface area contributed by atoms with Crippen LogP contribution in [0.5, 0.6) is 5.75 Å². The molecule has 0 aliphatic rings. The molecule has 0 aliphatic heterocycles. The van der Waals surface area contributed by atoms with Crippen LogP contribution in [0.4, 0.5) is 4.39 Å². The Labute approximate surface area is 160 Å². The quantitative estimate of drug-likeness (QED) is 0.621. The van der Waals surface area contributed by atoms with E-state index >= 15 is 0 Å². The average Bonchev–Trinajstić information content (AvgIpc) is 3.16. The number of nitrogens with zero attached hydrogens (tertiary/aromatic N) is 2. The maximum atomic E-state index is 13.0. The smallest absolute Gasteiger partial charge is 0.277 e. The van der Waals surface area contributed by atoms with E-state index in [4.69, 9.17) is 9.15 Å². The van der Waals surface area contributed by atoms with Crippen LogP contribution in [0.3, 0.4) is 0 Å². The lowest BCUT2D eigenvalue weighted by atomic mass is 10.1. The van der Waals surface area contributed by atoms with Gasteiger partial charge in [-0.1, -0.05) is 23.9 Å². The predicted molar refractivity (Wildman–Crippen MR) is 100.0 cm³/mol. The van der Waals surface area contributed by atoms with E-state index < -0.39 is 0 Å². The molecule has 0 fully saturated rings. The van der Waals surface area contributed by atoms with E-state index in [0.29, 0.717) is 11.1 Å². The number of nitrogens with one attached hydrogen (secondary N) is 1. The molecule has 8 heteroatoms. The summed E-state index contributed by atoms with van der Waals surface area (Å²) in [5.74, 6) is 0.758. The zero-order valence-electron chi connectivity index (χ0n) is 14.8. The summed E-state index contributed by atoms with van der Waals surface area (Å²) in [4.78, 5) is 12.1. The highest BCUT2D eigenvalue weighted by molar-refractivity contribution is 7.99. The summed E-state index contributed by atoms with van der Waals surface area (Å²) in [5, 5.41) is 11.1. The molecule has 0 saturated carbocycles. The van der Waals surface area contributed by atoms with Crippen LogP contribution >= 0.6 is 11.8 Å². The Hall–Kier alpha value is -2.87. The largest absolute Gasteiger partial charge is 0.497 e. The number of aromatic nitrogens is 2. The normalized spacial score (nSPS) is 11.8. The summed E-state index contributed by atoms with van der Waals surface area (Å²) in [6.07, 6.45) is 0. The molecule has 0 spiro atoms. The number of amides is 1. The number of carbonyl (C=O) groups excluding carboxylic acids is 1. The van der Waals surface area contributed by atoms with Crippen molar-refractivity contribution in [3.8, 4) is 17.2 Å². The van der Waals surface area contributed by atoms with Crippen molar-refractivity contribution in [2.75, 3.05) is 12.9 Å². The Balaban J connectivity index is 1.53. The van der Waals surface area contributed by atoms with Gasteiger partial charge in [-0.15, -0.1) is 10.2 Å². The molecule has 0 bridgehead atoms. The first kappa shape index (κ1) is 18.9. The van der Waals surface area contributed by atoms with Crippen molar-refractivity contribution < 1.29 is 18.3 Å². The number of rotatable bonds is 7. The summed E-state index contributed by atoms with van der Waals surface area (Å²) in [6.45, 7) is 1.84. The molecule has 0 aliphatic carbocycles. The molecule has 140 valence electrons. The maximum Gasteiger partial charge on any atom is 0.277 e. The van der Waals surface area contributed by atoms with Gasteiger partial charge >= 0.3 is 0 Å². The van der Waals surface area contributed by atoms with E-state index in [1.807, 2.05) is 19.1 Å². The van der Waals surface area contributed by atoms with Crippen molar-refractivity contribution in [2.24, 2.45) is 0 Å². The molecular weight excluding hydrogens is 369 g/mol. The highest BCUT2D eigenvalue weighted by Gasteiger charge is 2.13. The fourth-order valence-corrected chi connectivity index (χ4v) is 2.94. The highest BCUT2D eigenvalue weighted by Crippen LogP contribution is 2.25. The Kier molecular flexibility index (Phi) is 6.08. The standard InChI is InChI=1S/C19H18FN3O3S/c1-12(13-3-7-15(20)8-4-13)21-17(24)11-27-19-23-22-18(26-19)14-5-9-16(25-2)10-6-14/h3-10,12H,11H2,1-2H3,(H,21,24)/t12-/m0/s1. The van der Waals surface area contributed by atoms with E-state index in [1.165, 1.54) is 12.1 Å². The lowest BCUT2D eigenvalue weighted by Crippen LogP contribution is -2.28. The molecule has 1 amide bonds. The van der Waals surface area contributed by atoms with Gasteiger partial charge in [0.15, 0.2) is 0 Å². The minimum atomic E-state index is -0.308. The average molecular weight is 387 g/mol. The van der Waals surface area contributed by atoms with Gasteiger partial charge in [0.1, 0.15) is 11.6 Å². The third-order valence-electron chi connectivity index (χ3n) is 3.82. The molecule has 27 heavy (non-hydrogen) atoms. The first-order chi connectivity index (χ1) is 13.0. The van der Waals surface area contributed by atoms with Gasteiger partial charge in [0, 0.05) is 5.56 Å². The second-order valence-electron chi connectivity index (χ2n) is 5.73. The molecule has 2 aromatic carbocycles. The summed E-state index contributed by atoms with van der Waals surface area (Å²) in [6, 6.07) is 13.0. The first-order valence-electron chi connectivity index (χ1n) is 8.20. The van der Waals surface area contributed by atoms with E-state index in [-0.39, 0.29) is 23.5 Å². The van der Waals surface area contributed by atoms with Gasteiger partial charge in [-0.25, -0.2) is 4.39 Å². The van der Waals surface area contributed by atoms with Crippen LogP contribution in [0.25, 0.3) is 11.5 Å². The first-order valence-corrected chi connectivity index (χ1v) is 9.19. The monoisotopic (exact) mass is 387 g/mol. The van der Waals surface area contributed by atoms with Gasteiger partial charge in [0.05, 0.1) is 18.9 Å². The van der Waals surface area contributed by atoms with Gasteiger partial charge in [-0.2, -0.15) is 0 Å². The van der Waals surface area contributed by atoms with E-state index in [1.54, 1.807) is 31.4 Å². The molecule has 1 N–H and O–H groups in total. The van der Waals surface area contributed by atoms with Crippen LogP contribution in [0.1, 0.15) is 18.5 Å². The number of thioether (sulfide) groups is 1. The highest BCUT2D eigenvalue weighted by atomic mass is 32.2. The summed E-state index contributed by atoms with van der Waals surface area (Å²) < 4.78 is 23.6. The SMILES string of the molecule is COc1ccc(-c2nnc(SCC(=O)N[C@@H](C)c3ccc(F)cc3)o2)cc1. The van der Waals surface area contributed by atoms with Crippen molar-refractivity contribution in [1.29, 1.82) is 0 Å². The Bertz CT molecular complexity index is 897. The van der Waals surface area contributed by atoms with Crippen molar-refractivity contribution in [3.05, 3.63) is 59.9 Å². The van der Waals surface area contributed by atoms with Crippen molar-refractivity contribution >= 4 is 17.7 Å². The number of methoxy groups -OCH3 is 1. The number of carbonyl (C=O) groups is 1. The minimum Gasteiger partial charge on any atom is -0.497 e. The summed E-state index contributed by atoms with van der Waals surface area (Å²) in [7, 11) is 1.60. The zero-order valence-corrected chi connectivity index (χ0v) is 15.6. The molecule has 3 rings (SSSR count). The number of hydrogen-bond donors (Lipinski definition) is 1. The molecule has 0 radical (unpaired) electrons. The fourth-order valence-electron chi connectivity index (χ4n) is 2.36. The lowest BCUT2D eigenvalue weighted by molar-refractivity contribution is -0.119. The van der Waals surface area contributed by atoms with Crippen molar-refractivity contribution in [1.82, 2.24) is 15.5 Å². The second-order valence-corrected chi connectivity index (χ2v) is 6.66. The molecule has 3 aromatic rings. The minimum absolute atomic E-state index is 0.135. The van der Waals surface area contributed by atoms with Gasteiger partial charge in [0.25, 0.3) is 5.22 Å². The number of hydrogen-bond acceptors (Lipinski definition) is 6.